The second kappa shape index (κ2) is 13.0. The lowest BCUT2D eigenvalue weighted by Crippen LogP contribution is -2.27. The van der Waals surface area contributed by atoms with Crippen LogP contribution in [-0.2, 0) is 5.41 Å². The summed E-state index contributed by atoms with van der Waals surface area (Å²) in [7, 11) is 0. The van der Waals surface area contributed by atoms with E-state index in [2.05, 4.69) is 228 Å². The summed E-state index contributed by atoms with van der Waals surface area (Å²) in [6, 6.07) is 79.3. The molecule has 0 radical (unpaired) electrons. The number of allylic oxidation sites excluding steroid dienone is 4. The Labute approximate surface area is 365 Å². The highest BCUT2D eigenvalue weighted by Crippen LogP contribution is 2.64. The molecule has 1 atom stereocenters. The van der Waals surface area contributed by atoms with Crippen molar-refractivity contribution in [2.24, 2.45) is 0 Å². The Morgan fingerprint density at radius 2 is 0.841 bits per heavy atom. The van der Waals surface area contributed by atoms with Gasteiger partial charge in [0.25, 0.3) is 0 Å². The first kappa shape index (κ1) is 34.7. The van der Waals surface area contributed by atoms with Crippen molar-refractivity contribution in [3.8, 4) is 39.1 Å². The third-order valence-corrected chi connectivity index (χ3v) is 14.5. The Morgan fingerprint density at radius 1 is 0.333 bits per heavy atom. The van der Waals surface area contributed by atoms with Gasteiger partial charge in [0.1, 0.15) is 0 Å². The van der Waals surface area contributed by atoms with Crippen LogP contribution >= 0.6 is 0 Å². The Bertz CT molecular complexity index is 3780. The first-order valence-corrected chi connectivity index (χ1v) is 22.2. The zero-order chi connectivity index (χ0) is 41.2. The molecule has 0 saturated heterocycles. The maximum absolute atomic E-state index is 2.60. The number of fused-ring (bicyclic) bond motifs is 15. The number of rotatable bonds is 4. The molecule has 11 aromatic rings. The standard InChI is InChI=1S/C61H40N2/c1-3-15-39(16-4-1)41-27-31-51-49-21-9-13-25-57(49)62(59(51)35-41)43-29-33-47-45-19-7-11-23-53(45)61(55(47)37-43)54-24-12-8-20-46(54)48-34-30-44(38-56(48)61)63-58-26-14-10-22-50(58)52-32-28-42(36-60(52)63)40-17-5-2-6-18-40/h1-29,31-33,35-38H,30,34H2. The molecule has 2 aromatic heterocycles. The van der Waals surface area contributed by atoms with Crippen LogP contribution in [0.5, 0.6) is 0 Å². The SMILES string of the molecule is C1=C(n2c3ccccc3c3ccc(-c4ccccc4)cc32)CCC2=C1C1(c3ccccc32)c2ccccc2-c2ccc(-n3c4ccccc4c4ccc(-c5ccccc5)cc43)cc21. The minimum Gasteiger partial charge on any atom is -0.313 e. The zero-order valence-electron chi connectivity index (χ0n) is 34.6. The smallest absolute Gasteiger partial charge is 0.0723 e. The lowest BCUT2D eigenvalue weighted by molar-refractivity contribution is 0.778. The first-order chi connectivity index (χ1) is 31.3. The maximum atomic E-state index is 2.60. The van der Waals surface area contributed by atoms with Crippen molar-refractivity contribution in [3.05, 3.63) is 246 Å². The monoisotopic (exact) mass is 800 g/mol. The number of para-hydroxylation sites is 2. The van der Waals surface area contributed by atoms with Crippen LogP contribution in [0.3, 0.4) is 0 Å². The molecule has 1 unspecified atom stereocenters. The van der Waals surface area contributed by atoms with E-state index in [0.717, 1.165) is 12.8 Å². The Balaban J connectivity index is 1.03. The van der Waals surface area contributed by atoms with Crippen molar-refractivity contribution in [1.82, 2.24) is 9.13 Å². The van der Waals surface area contributed by atoms with Gasteiger partial charge in [0, 0.05) is 32.9 Å². The molecule has 0 aliphatic heterocycles. The summed E-state index contributed by atoms with van der Waals surface area (Å²) in [5, 5.41) is 5.11. The van der Waals surface area contributed by atoms with E-state index in [0.29, 0.717) is 0 Å². The lowest BCUT2D eigenvalue weighted by atomic mass is 9.69. The maximum Gasteiger partial charge on any atom is 0.0723 e. The number of nitrogens with zero attached hydrogens (tertiary/aromatic N) is 2. The summed E-state index contributed by atoms with van der Waals surface area (Å²) in [6.07, 6.45) is 4.52. The third kappa shape index (κ3) is 4.73. The molecule has 0 fully saturated rings. The van der Waals surface area contributed by atoms with E-state index in [1.54, 1.807) is 0 Å². The molecule has 0 bridgehead atoms. The van der Waals surface area contributed by atoms with Crippen LogP contribution < -0.4 is 0 Å². The summed E-state index contributed by atoms with van der Waals surface area (Å²) in [4.78, 5) is 0. The van der Waals surface area contributed by atoms with Crippen molar-refractivity contribution < 1.29 is 0 Å². The number of aromatic nitrogens is 2. The van der Waals surface area contributed by atoms with Crippen LogP contribution in [0.1, 0.15) is 35.1 Å². The fourth-order valence-corrected chi connectivity index (χ4v) is 11.9. The molecular weight excluding hydrogens is 761 g/mol. The fourth-order valence-electron chi connectivity index (χ4n) is 11.9. The van der Waals surface area contributed by atoms with Gasteiger partial charge in [-0.05, 0) is 122 Å². The number of hydrogen-bond acceptors (Lipinski definition) is 0. The van der Waals surface area contributed by atoms with E-state index in [9.17, 15) is 0 Å². The van der Waals surface area contributed by atoms with Crippen LogP contribution in [0.2, 0.25) is 0 Å². The van der Waals surface area contributed by atoms with Crippen LogP contribution in [0.4, 0.5) is 0 Å². The first-order valence-electron chi connectivity index (χ1n) is 22.2. The molecule has 3 aliphatic carbocycles. The molecule has 294 valence electrons. The molecule has 14 rings (SSSR count). The second-order valence-electron chi connectivity index (χ2n) is 17.5. The van der Waals surface area contributed by atoms with E-state index in [1.807, 2.05) is 0 Å². The summed E-state index contributed by atoms with van der Waals surface area (Å²) < 4.78 is 5.09. The lowest BCUT2D eigenvalue weighted by Gasteiger charge is -2.33. The molecule has 2 nitrogen and oxygen atoms in total. The Morgan fingerprint density at radius 3 is 1.51 bits per heavy atom. The van der Waals surface area contributed by atoms with Crippen LogP contribution in [0, 0.1) is 0 Å². The topological polar surface area (TPSA) is 9.86 Å². The van der Waals surface area contributed by atoms with Crippen LogP contribution in [0.25, 0.3) is 93.9 Å². The molecule has 0 saturated carbocycles. The van der Waals surface area contributed by atoms with Crippen molar-refractivity contribution in [2.75, 3.05) is 0 Å². The molecule has 2 heterocycles. The van der Waals surface area contributed by atoms with Gasteiger partial charge in [-0.1, -0.05) is 176 Å². The molecule has 0 amide bonds. The normalized spacial score (nSPS) is 16.2. The van der Waals surface area contributed by atoms with E-state index in [1.165, 1.54) is 122 Å². The van der Waals surface area contributed by atoms with Crippen molar-refractivity contribution in [3.63, 3.8) is 0 Å². The highest BCUT2D eigenvalue weighted by molar-refractivity contribution is 6.12. The van der Waals surface area contributed by atoms with Crippen LogP contribution in [-0.4, -0.2) is 9.13 Å². The summed E-state index contributed by atoms with van der Waals surface area (Å²) >= 11 is 0. The number of benzene rings is 9. The minimum atomic E-state index is -0.485. The van der Waals surface area contributed by atoms with Gasteiger partial charge in [-0.3, -0.25) is 0 Å². The van der Waals surface area contributed by atoms with Crippen LogP contribution in [0.15, 0.2) is 224 Å². The molecule has 1 spiro atoms. The molecule has 63 heavy (non-hydrogen) atoms. The van der Waals surface area contributed by atoms with Crippen molar-refractivity contribution in [2.45, 2.75) is 18.3 Å². The van der Waals surface area contributed by atoms with Gasteiger partial charge >= 0.3 is 0 Å². The predicted octanol–water partition coefficient (Wildman–Crippen LogP) is 15.6. The molecule has 0 N–H and O–H groups in total. The Hall–Kier alpha value is -7.94. The van der Waals surface area contributed by atoms with Gasteiger partial charge in [0.2, 0.25) is 0 Å². The van der Waals surface area contributed by atoms with E-state index in [4.69, 9.17) is 0 Å². The largest absolute Gasteiger partial charge is 0.313 e. The molecule has 9 aromatic carbocycles. The highest BCUT2D eigenvalue weighted by atomic mass is 15.0. The fraction of sp³-hybridized carbons (Fsp3) is 0.0492. The molecular formula is C61H40N2. The second-order valence-corrected chi connectivity index (χ2v) is 17.5. The zero-order valence-corrected chi connectivity index (χ0v) is 34.6. The Kier molecular flexibility index (Phi) is 7.19. The van der Waals surface area contributed by atoms with Gasteiger partial charge < -0.3 is 9.13 Å². The third-order valence-electron chi connectivity index (χ3n) is 14.5. The van der Waals surface area contributed by atoms with Gasteiger partial charge in [-0.2, -0.15) is 0 Å². The van der Waals surface area contributed by atoms with E-state index < -0.39 is 5.41 Å². The minimum absolute atomic E-state index is 0.485. The number of hydrogen-bond donors (Lipinski definition) is 0. The molecule has 2 heteroatoms. The predicted molar refractivity (Wildman–Crippen MR) is 263 cm³/mol. The van der Waals surface area contributed by atoms with Gasteiger partial charge in [0.05, 0.1) is 27.5 Å². The summed E-state index contributed by atoms with van der Waals surface area (Å²) in [5.74, 6) is 0. The summed E-state index contributed by atoms with van der Waals surface area (Å²) in [5.41, 5.74) is 22.9. The van der Waals surface area contributed by atoms with Crippen molar-refractivity contribution >= 4 is 54.9 Å². The average molecular weight is 801 g/mol. The quantitative estimate of drug-likeness (QED) is 0.168. The van der Waals surface area contributed by atoms with Gasteiger partial charge in [-0.25, -0.2) is 0 Å². The van der Waals surface area contributed by atoms with E-state index >= 15 is 0 Å². The molecule has 3 aliphatic rings. The highest BCUT2D eigenvalue weighted by Gasteiger charge is 2.53. The van der Waals surface area contributed by atoms with Crippen molar-refractivity contribution in [1.29, 1.82) is 0 Å². The average Bonchev–Trinajstić information content (AvgIpc) is 4.05. The van der Waals surface area contributed by atoms with E-state index in [-0.39, 0.29) is 0 Å². The summed E-state index contributed by atoms with van der Waals surface area (Å²) in [6.45, 7) is 0. The van der Waals surface area contributed by atoms with Gasteiger partial charge in [-0.15, -0.1) is 0 Å². The van der Waals surface area contributed by atoms with Gasteiger partial charge in [0.15, 0.2) is 0 Å².